The highest BCUT2D eigenvalue weighted by Crippen LogP contribution is 2.20. The van der Waals surface area contributed by atoms with Crippen molar-refractivity contribution in [3.8, 4) is 0 Å². The number of nitrogens with zero attached hydrogens (tertiary/aromatic N) is 2. The molecule has 0 amide bonds. The molecule has 24 heavy (non-hydrogen) atoms. The molecule has 0 unspecified atom stereocenters. The maximum absolute atomic E-state index is 11.7. The van der Waals surface area contributed by atoms with Gasteiger partial charge in [-0.25, -0.2) is 9.59 Å². The fourth-order valence-corrected chi connectivity index (χ4v) is 3.11. The standard InChI is InChI=1S/C16H28N2O4.2BrH/c1-5-7-17(13-15(19)21-3)9-11-18(8-6-2,12-10-17)14-16(20)22-4;;/h5-6H,1-2,7-14H2,3-4H3;2*1H/q+2;;/p-2. The lowest BCUT2D eigenvalue weighted by molar-refractivity contribution is -1.02. The molecule has 6 nitrogen and oxygen atoms in total. The van der Waals surface area contributed by atoms with E-state index in [0.717, 1.165) is 39.3 Å². The zero-order chi connectivity index (χ0) is 16.6. The van der Waals surface area contributed by atoms with Crippen LogP contribution >= 0.6 is 0 Å². The van der Waals surface area contributed by atoms with E-state index in [1.54, 1.807) is 0 Å². The minimum Gasteiger partial charge on any atom is -1.00 e. The second-order valence-corrected chi connectivity index (χ2v) is 5.99. The first-order chi connectivity index (χ1) is 10.4. The first kappa shape index (κ1) is 25.5. The molecule has 8 heteroatoms. The quantitative estimate of drug-likeness (QED) is 0.201. The molecule has 0 spiro atoms. The minimum absolute atomic E-state index is 0. The Balaban J connectivity index is 0. The average molecular weight is 472 g/mol. The predicted octanol–water partition coefficient (Wildman–Crippen LogP) is -5.64. The highest BCUT2D eigenvalue weighted by atomic mass is 79.9. The van der Waals surface area contributed by atoms with Crippen LogP contribution in [0, 0.1) is 0 Å². The van der Waals surface area contributed by atoms with Crippen LogP contribution in [0.3, 0.4) is 0 Å². The lowest BCUT2D eigenvalue weighted by atomic mass is 10.1. The van der Waals surface area contributed by atoms with Gasteiger partial charge in [-0.15, -0.1) is 0 Å². The number of ether oxygens (including phenoxy) is 2. The highest BCUT2D eigenvalue weighted by molar-refractivity contribution is 5.70. The first-order valence-electron chi connectivity index (χ1n) is 7.50. The van der Waals surface area contributed by atoms with Crippen LogP contribution in [0.25, 0.3) is 0 Å². The van der Waals surface area contributed by atoms with Gasteiger partial charge in [-0.05, 0) is 12.2 Å². The zero-order valence-electron chi connectivity index (χ0n) is 14.5. The van der Waals surface area contributed by atoms with Crippen LogP contribution < -0.4 is 34.0 Å². The van der Waals surface area contributed by atoms with E-state index in [4.69, 9.17) is 9.47 Å². The summed E-state index contributed by atoms with van der Waals surface area (Å²) in [6.45, 7) is 12.9. The molecular formula is C16H28Br2N2O4. The molecular weight excluding hydrogens is 444 g/mol. The molecule has 140 valence electrons. The Kier molecular flexibility index (Phi) is 12.5. The van der Waals surface area contributed by atoms with Gasteiger partial charge in [-0.1, -0.05) is 13.2 Å². The molecule has 0 bridgehead atoms. The summed E-state index contributed by atoms with van der Waals surface area (Å²) < 4.78 is 10.9. The van der Waals surface area contributed by atoms with Gasteiger partial charge in [0.2, 0.25) is 0 Å². The number of carbonyl (C=O) groups excluding carboxylic acids is 2. The minimum atomic E-state index is -0.210. The van der Waals surface area contributed by atoms with Crippen molar-refractivity contribution in [3.63, 3.8) is 0 Å². The van der Waals surface area contributed by atoms with Crippen LogP contribution in [-0.4, -0.2) is 87.5 Å². The number of esters is 2. The molecule has 0 radical (unpaired) electrons. The summed E-state index contributed by atoms with van der Waals surface area (Å²) in [5.74, 6) is -0.419. The molecule has 0 aliphatic carbocycles. The average Bonchev–Trinajstić information content (AvgIpc) is 2.51. The SMILES string of the molecule is C=CC[N+]1(CC(=O)OC)CC[N+](CC=C)(CC(=O)OC)CC1.[Br-].[Br-]. The monoisotopic (exact) mass is 470 g/mol. The number of quaternary nitrogens is 2. The van der Waals surface area contributed by atoms with Crippen LogP contribution in [0.1, 0.15) is 0 Å². The van der Waals surface area contributed by atoms with E-state index in [1.807, 2.05) is 12.2 Å². The first-order valence-corrected chi connectivity index (χ1v) is 7.50. The second-order valence-electron chi connectivity index (χ2n) is 5.99. The van der Waals surface area contributed by atoms with Gasteiger partial charge in [-0.2, -0.15) is 0 Å². The lowest BCUT2D eigenvalue weighted by Gasteiger charge is -2.48. The number of halogens is 2. The molecule has 0 aromatic carbocycles. The Hall–Kier alpha value is -0.700. The number of rotatable bonds is 8. The van der Waals surface area contributed by atoms with Crippen molar-refractivity contribution in [2.75, 3.05) is 66.6 Å². The van der Waals surface area contributed by atoms with E-state index in [-0.39, 0.29) is 45.9 Å². The maximum atomic E-state index is 11.7. The van der Waals surface area contributed by atoms with Crippen LogP contribution in [0.15, 0.2) is 25.3 Å². The normalized spacial score (nSPS) is 25.4. The zero-order valence-corrected chi connectivity index (χ0v) is 17.7. The van der Waals surface area contributed by atoms with Crippen molar-refractivity contribution >= 4 is 11.9 Å². The fraction of sp³-hybridized carbons (Fsp3) is 0.625. The molecule has 0 aromatic rings. The molecule has 0 N–H and O–H groups in total. The Bertz CT molecular complexity index is 396. The molecule has 0 saturated carbocycles. The number of methoxy groups -OCH3 is 2. The molecule has 0 atom stereocenters. The van der Waals surface area contributed by atoms with E-state index in [9.17, 15) is 9.59 Å². The molecule has 0 aromatic heterocycles. The summed E-state index contributed by atoms with van der Waals surface area (Å²) in [7, 11) is 2.82. The van der Waals surface area contributed by atoms with Gasteiger partial charge in [0.05, 0.1) is 27.3 Å². The summed E-state index contributed by atoms with van der Waals surface area (Å²) in [5, 5.41) is 0. The van der Waals surface area contributed by atoms with Gasteiger partial charge in [0.1, 0.15) is 26.2 Å². The van der Waals surface area contributed by atoms with Gasteiger partial charge < -0.3 is 52.4 Å². The molecule has 1 aliphatic rings. The van der Waals surface area contributed by atoms with Crippen LogP contribution in [0.2, 0.25) is 0 Å². The van der Waals surface area contributed by atoms with E-state index in [1.165, 1.54) is 14.2 Å². The van der Waals surface area contributed by atoms with Crippen molar-refractivity contribution < 1.29 is 62.0 Å². The fourth-order valence-electron chi connectivity index (χ4n) is 3.11. The molecule has 1 fully saturated rings. The maximum Gasteiger partial charge on any atom is 0.361 e. The van der Waals surface area contributed by atoms with Crippen LogP contribution in [0.5, 0.6) is 0 Å². The summed E-state index contributed by atoms with van der Waals surface area (Å²) in [6, 6.07) is 0. The Morgan fingerprint density at radius 3 is 1.33 bits per heavy atom. The number of carbonyl (C=O) groups is 2. The van der Waals surface area contributed by atoms with Gasteiger partial charge in [0, 0.05) is 0 Å². The molecule has 1 rings (SSSR count). The third-order valence-electron chi connectivity index (χ3n) is 4.51. The number of hydrogen-bond acceptors (Lipinski definition) is 4. The predicted molar refractivity (Wildman–Crippen MR) is 83.9 cm³/mol. The summed E-state index contributed by atoms with van der Waals surface area (Å²) in [4.78, 5) is 23.4. The van der Waals surface area contributed by atoms with E-state index in [0.29, 0.717) is 22.1 Å². The van der Waals surface area contributed by atoms with Crippen molar-refractivity contribution in [1.82, 2.24) is 0 Å². The van der Waals surface area contributed by atoms with Crippen molar-refractivity contribution in [1.29, 1.82) is 0 Å². The van der Waals surface area contributed by atoms with Crippen LogP contribution in [0.4, 0.5) is 0 Å². The van der Waals surface area contributed by atoms with Gasteiger partial charge in [0.25, 0.3) is 0 Å². The van der Waals surface area contributed by atoms with Crippen LogP contribution in [-0.2, 0) is 19.1 Å². The Morgan fingerprint density at radius 2 is 1.12 bits per heavy atom. The summed E-state index contributed by atoms with van der Waals surface area (Å²) in [6.07, 6.45) is 3.69. The molecule has 1 saturated heterocycles. The largest absolute Gasteiger partial charge is 1.00 e. The second kappa shape index (κ2) is 11.8. The molecule has 1 heterocycles. The Morgan fingerprint density at radius 1 is 0.833 bits per heavy atom. The summed E-state index contributed by atoms with van der Waals surface area (Å²) >= 11 is 0. The number of hydrogen-bond donors (Lipinski definition) is 0. The van der Waals surface area contributed by atoms with E-state index < -0.39 is 0 Å². The van der Waals surface area contributed by atoms with E-state index >= 15 is 0 Å². The highest BCUT2D eigenvalue weighted by Gasteiger charge is 2.43. The molecule has 1 aliphatic heterocycles. The topological polar surface area (TPSA) is 52.6 Å². The van der Waals surface area contributed by atoms with E-state index in [2.05, 4.69) is 13.2 Å². The van der Waals surface area contributed by atoms with Gasteiger partial charge in [-0.3, -0.25) is 0 Å². The third kappa shape index (κ3) is 7.04. The third-order valence-corrected chi connectivity index (χ3v) is 4.51. The lowest BCUT2D eigenvalue weighted by Crippen LogP contribution is -3.00. The van der Waals surface area contributed by atoms with Crippen molar-refractivity contribution in [2.24, 2.45) is 0 Å². The Labute approximate surface area is 165 Å². The van der Waals surface area contributed by atoms with Gasteiger partial charge >= 0.3 is 11.9 Å². The van der Waals surface area contributed by atoms with Gasteiger partial charge in [0.15, 0.2) is 13.1 Å². The van der Waals surface area contributed by atoms with Crippen molar-refractivity contribution in [2.45, 2.75) is 0 Å². The van der Waals surface area contributed by atoms with Crippen molar-refractivity contribution in [3.05, 3.63) is 25.3 Å². The smallest absolute Gasteiger partial charge is 0.361 e. The number of piperazine rings is 1. The summed E-state index contributed by atoms with van der Waals surface area (Å²) in [5.41, 5.74) is 0.